The standard InChI is InChI=1S/C23H32O3Si/c1-6-26-22(24)19(3)18(2)17-23(4,5)27(25,20-13-9-7-10-14-20)21-15-11-8-12-16-21/h7-16,18-19,25H,6,17H2,1-5H3/t18?,19-/m1/s1. The van der Waals surface area contributed by atoms with Crippen LogP contribution in [0.4, 0.5) is 0 Å². The van der Waals surface area contributed by atoms with E-state index in [0.29, 0.717) is 6.61 Å². The molecule has 0 saturated heterocycles. The van der Waals surface area contributed by atoms with Crippen LogP contribution in [0.2, 0.25) is 5.04 Å². The Morgan fingerprint density at radius 3 is 1.85 bits per heavy atom. The highest BCUT2D eigenvalue weighted by Gasteiger charge is 2.50. The molecular weight excluding hydrogens is 352 g/mol. The van der Waals surface area contributed by atoms with E-state index in [1.807, 2.05) is 74.5 Å². The highest BCUT2D eigenvalue weighted by atomic mass is 28.4. The molecule has 0 bridgehead atoms. The molecule has 0 aliphatic heterocycles. The molecule has 1 N–H and O–H groups in total. The second kappa shape index (κ2) is 8.85. The van der Waals surface area contributed by atoms with Crippen molar-refractivity contribution in [3.63, 3.8) is 0 Å². The summed E-state index contributed by atoms with van der Waals surface area (Å²) in [6.45, 7) is 10.5. The number of esters is 1. The van der Waals surface area contributed by atoms with Gasteiger partial charge in [-0.2, -0.15) is 0 Å². The summed E-state index contributed by atoms with van der Waals surface area (Å²) < 4.78 is 5.20. The van der Waals surface area contributed by atoms with Gasteiger partial charge in [-0.1, -0.05) is 88.4 Å². The number of ether oxygens (including phenoxy) is 1. The molecule has 0 amide bonds. The van der Waals surface area contributed by atoms with E-state index >= 15 is 0 Å². The first-order chi connectivity index (χ1) is 12.7. The van der Waals surface area contributed by atoms with E-state index in [4.69, 9.17) is 4.74 Å². The van der Waals surface area contributed by atoms with E-state index in [1.54, 1.807) is 0 Å². The molecule has 4 heteroatoms. The topological polar surface area (TPSA) is 46.5 Å². The van der Waals surface area contributed by atoms with Crippen LogP contribution in [0, 0.1) is 11.8 Å². The fourth-order valence-electron chi connectivity index (χ4n) is 3.94. The lowest BCUT2D eigenvalue weighted by atomic mass is 9.87. The number of carbonyl (C=O) groups is 1. The molecule has 1 unspecified atom stereocenters. The predicted octanol–water partition coefficient (Wildman–Crippen LogP) is 3.74. The molecule has 2 rings (SSSR count). The largest absolute Gasteiger partial charge is 0.466 e. The zero-order valence-corrected chi connectivity index (χ0v) is 18.1. The Balaban J connectivity index is 2.41. The minimum atomic E-state index is -3.04. The van der Waals surface area contributed by atoms with Gasteiger partial charge in [-0.05, 0) is 34.7 Å². The fourth-order valence-corrected chi connectivity index (χ4v) is 7.81. The first-order valence-electron chi connectivity index (χ1n) is 9.74. The maximum absolute atomic E-state index is 12.2. The van der Waals surface area contributed by atoms with Crippen molar-refractivity contribution in [1.82, 2.24) is 0 Å². The van der Waals surface area contributed by atoms with Gasteiger partial charge < -0.3 is 9.53 Å². The Morgan fingerprint density at radius 1 is 1.00 bits per heavy atom. The highest BCUT2D eigenvalue weighted by Crippen LogP contribution is 2.43. The van der Waals surface area contributed by atoms with E-state index in [2.05, 4.69) is 20.8 Å². The van der Waals surface area contributed by atoms with Gasteiger partial charge in [-0.25, -0.2) is 0 Å². The van der Waals surface area contributed by atoms with E-state index < -0.39 is 8.32 Å². The van der Waals surface area contributed by atoms with Crippen molar-refractivity contribution in [2.75, 3.05) is 6.61 Å². The van der Waals surface area contributed by atoms with Crippen LogP contribution in [0.1, 0.15) is 41.0 Å². The SMILES string of the molecule is CCOC(=O)[C@H](C)C(C)CC(C)(C)[Si](O)(c1ccccc1)c1ccccc1. The summed E-state index contributed by atoms with van der Waals surface area (Å²) in [5.41, 5.74) is 0. The van der Waals surface area contributed by atoms with Gasteiger partial charge >= 0.3 is 5.97 Å². The Hall–Kier alpha value is -1.91. The van der Waals surface area contributed by atoms with E-state index in [1.165, 1.54) is 0 Å². The quantitative estimate of drug-likeness (QED) is 0.557. The van der Waals surface area contributed by atoms with Crippen LogP contribution in [0.15, 0.2) is 60.7 Å². The monoisotopic (exact) mass is 384 g/mol. The molecule has 0 radical (unpaired) electrons. The van der Waals surface area contributed by atoms with Crippen molar-refractivity contribution in [3.8, 4) is 0 Å². The van der Waals surface area contributed by atoms with Crippen molar-refractivity contribution in [3.05, 3.63) is 60.7 Å². The van der Waals surface area contributed by atoms with Gasteiger partial charge in [0.2, 0.25) is 0 Å². The van der Waals surface area contributed by atoms with Crippen LogP contribution < -0.4 is 10.4 Å². The first-order valence-corrected chi connectivity index (χ1v) is 11.7. The van der Waals surface area contributed by atoms with Crippen molar-refractivity contribution >= 4 is 24.7 Å². The van der Waals surface area contributed by atoms with Gasteiger partial charge in [0.05, 0.1) is 12.5 Å². The summed E-state index contributed by atoms with van der Waals surface area (Å²) >= 11 is 0. The summed E-state index contributed by atoms with van der Waals surface area (Å²) in [6, 6.07) is 20.0. The molecule has 0 heterocycles. The Morgan fingerprint density at radius 2 is 1.44 bits per heavy atom. The van der Waals surface area contributed by atoms with E-state index in [0.717, 1.165) is 16.8 Å². The van der Waals surface area contributed by atoms with Gasteiger partial charge in [0.15, 0.2) is 0 Å². The lowest BCUT2D eigenvalue weighted by Gasteiger charge is -2.43. The van der Waals surface area contributed by atoms with Crippen LogP contribution in [0.25, 0.3) is 0 Å². The number of hydrogen-bond donors (Lipinski definition) is 1. The number of hydrogen-bond acceptors (Lipinski definition) is 3. The van der Waals surface area contributed by atoms with Crippen molar-refractivity contribution < 1.29 is 14.3 Å². The minimum absolute atomic E-state index is 0.102. The van der Waals surface area contributed by atoms with Gasteiger partial charge in [-0.15, -0.1) is 0 Å². The molecule has 146 valence electrons. The third-order valence-corrected chi connectivity index (χ3v) is 10.2. The number of rotatable bonds is 8. The zero-order valence-electron chi connectivity index (χ0n) is 17.1. The van der Waals surface area contributed by atoms with Crippen LogP contribution in [-0.2, 0) is 9.53 Å². The summed E-state index contributed by atoms with van der Waals surface area (Å²) in [7, 11) is -3.04. The molecule has 0 aliphatic rings. The van der Waals surface area contributed by atoms with Crippen molar-refractivity contribution in [1.29, 1.82) is 0 Å². The summed E-state index contributed by atoms with van der Waals surface area (Å²) in [6.07, 6.45) is 0.736. The molecule has 0 aromatic heterocycles. The molecule has 27 heavy (non-hydrogen) atoms. The number of carbonyl (C=O) groups excluding carboxylic acids is 1. The second-order valence-electron chi connectivity index (χ2n) is 8.05. The zero-order chi connectivity index (χ0) is 20.1. The summed E-state index contributed by atoms with van der Waals surface area (Å²) in [4.78, 5) is 24.4. The molecule has 0 saturated carbocycles. The summed E-state index contributed by atoms with van der Waals surface area (Å²) in [5, 5.41) is 1.63. The third kappa shape index (κ3) is 4.50. The smallest absolute Gasteiger partial charge is 0.308 e. The van der Waals surface area contributed by atoms with Crippen LogP contribution in [-0.4, -0.2) is 25.7 Å². The van der Waals surface area contributed by atoms with Crippen molar-refractivity contribution in [2.24, 2.45) is 11.8 Å². The maximum atomic E-state index is 12.2. The molecule has 2 aromatic rings. The first kappa shape index (κ1) is 21.4. The average Bonchev–Trinajstić information content (AvgIpc) is 2.67. The predicted molar refractivity (Wildman–Crippen MR) is 114 cm³/mol. The van der Waals surface area contributed by atoms with Gasteiger partial charge in [0, 0.05) is 0 Å². The lowest BCUT2D eigenvalue weighted by molar-refractivity contribution is -0.149. The van der Waals surface area contributed by atoms with Crippen LogP contribution >= 0.6 is 0 Å². The highest BCUT2D eigenvalue weighted by molar-refractivity contribution is 6.98. The Bertz CT molecular complexity index is 688. The fraction of sp³-hybridized carbons (Fsp3) is 0.435. The molecule has 0 fully saturated rings. The second-order valence-corrected chi connectivity index (χ2v) is 12.0. The van der Waals surface area contributed by atoms with E-state index in [9.17, 15) is 9.59 Å². The maximum Gasteiger partial charge on any atom is 0.308 e. The Kier molecular flexibility index (Phi) is 7.01. The minimum Gasteiger partial charge on any atom is -0.466 e. The lowest BCUT2D eigenvalue weighted by Crippen LogP contribution is -2.65. The van der Waals surface area contributed by atoms with Crippen LogP contribution in [0.3, 0.4) is 0 Å². The molecule has 0 spiro atoms. The van der Waals surface area contributed by atoms with Gasteiger partial charge in [-0.3, -0.25) is 4.79 Å². The molecule has 3 nitrogen and oxygen atoms in total. The Labute approximate surface area is 164 Å². The van der Waals surface area contributed by atoms with Crippen molar-refractivity contribution in [2.45, 2.75) is 46.1 Å². The number of benzene rings is 2. The molecule has 0 aliphatic carbocycles. The molecular formula is C23H32O3Si. The van der Waals surface area contributed by atoms with Gasteiger partial charge in [0.25, 0.3) is 8.32 Å². The van der Waals surface area contributed by atoms with E-state index in [-0.39, 0.29) is 22.8 Å². The summed E-state index contributed by atoms with van der Waals surface area (Å²) in [5.74, 6) is -0.259. The normalized spacial score (nSPS) is 14.4. The third-order valence-electron chi connectivity index (χ3n) is 5.71. The molecule has 2 atom stereocenters. The van der Waals surface area contributed by atoms with Gasteiger partial charge in [0.1, 0.15) is 0 Å². The van der Waals surface area contributed by atoms with Crippen LogP contribution in [0.5, 0.6) is 0 Å². The molecule has 2 aromatic carbocycles. The average molecular weight is 385 g/mol.